The van der Waals surface area contributed by atoms with Crippen LogP contribution in [0.4, 0.5) is 0 Å². The number of hydrogen-bond acceptors (Lipinski definition) is 3. The lowest BCUT2D eigenvalue weighted by Crippen LogP contribution is -2.14. The Morgan fingerprint density at radius 2 is 1.67 bits per heavy atom. The van der Waals surface area contributed by atoms with Gasteiger partial charge in [0.1, 0.15) is 5.75 Å². The molecule has 2 rings (SSSR count). The molecule has 0 bridgehead atoms. The summed E-state index contributed by atoms with van der Waals surface area (Å²) in [5.41, 5.74) is 5.33. The van der Waals surface area contributed by atoms with Crippen molar-refractivity contribution in [1.82, 2.24) is 5.43 Å². The molecule has 1 amide bonds. The second-order valence-corrected chi connectivity index (χ2v) is 4.57. The lowest BCUT2D eigenvalue weighted by Gasteiger charge is -1.96. The van der Waals surface area contributed by atoms with Gasteiger partial charge in [-0.05, 0) is 48.4 Å². The minimum absolute atomic E-state index is 0.192. The van der Waals surface area contributed by atoms with Crippen molar-refractivity contribution in [3.05, 3.63) is 71.3 Å². The molecule has 4 heteroatoms. The molecule has 0 aliphatic carbocycles. The number of hydrazone groups is 1. The third-order valence-corrected chi connectivity index (χ3v) is 2.79. The number of carbonyl (C=O) groups is 1. The Bertz CT molecular complexity index is 656. The van der Waals surface area contributed by atoms with E-state index >= 15 is 0 Å². The van der Waals surface area contributed by atoms with Gasteiger partial charge in [-0.25, -0.2) is 5.43 Å². The summed E-state index contributed by atoms with van der Waals surface area (Å²) >= 11 is 0. The molecule has 0 radical (unpaired) electrons. The SMILES string of the molecule is Cc1ccc(/C=C/C(=O)N/N=C\c2ccc(O)cc2)cc1. The van der Waals surface area contributed by atoms with E-state index in [4.69, 9.17) is 5.11 Å². The van der Waals surface area contributed by atoms with E-state index in [1.54, 1.807) is 30.3 Å². The highest BCUT2D eigenvalue weighted by Crippen LogP contribution is 2.07. The Labute approximate surface area is 123 Å². The fraction of sp³-hybridized carbons (Fsp3) is 0.0588. The largest absolute Gasteiger partial charge is 0.508 e. The van der Waals surface area contributed by atoms with Gasteiger partial charge in [0.15, 0.2) is 0 Å². The average molecular weight is 280 g/mol. The summed E-state index contributed by atoms with van der Waals surface area (Å²) in [4.78, 5) is 11.6. The normalized spacial score (nSPS) is 11.1. The molecule has 106 valence electrons. The predicted molar refractivity (Wildman–Crippen MR) is 84.1 cm³/mol. The molecular formula is C17H16N2O2. The summed E-state index contributed by atoms with van der Waals surface area (Å²) in [6.07, 6.45) is 4.67. The summed E-state index contributed by atoms with van der Waals surface area (Å²) in [5.74, 6) is -0.108. The predicted octanol–water partition coefficient (Wildman–Crippen LogP) is 2.86. The number of aromatic hydroxyl groups is 1. The molecule has 0 spiro atoms. The van der Waals surface area contributed by atoms with E-state index in [0.717, 1.165) is 11.1 Å². The van der Waals surface area contributed by atoms with Gasteiger partial charge in [-0.15, -0.1) is 0 Å². The number of phenols is 1. The van der Waals surface area contributed by atoms with Gasteiger partial charge in [0, 0.05) is 6.08 Å². The topological polar surface area (TPSA) is 61.7 Å². The van der Waals surface area contributed by atoms with Crippen LogP contribution >= 0.6 is 0 Å². The Hall–Kier alpha value is -2.88. The highest BCUT2D eigenvalue weighted by atomic mass is 16.3. The zero-order chi connectivity index (χ0) is 15.1. The second-order valence-electron chi connectivity index (χ2n) is 4.57. The summed E-state index contributed by atoms with van der Waals surface area (Å²) in [7, 11) is 0. The third kappa shape index (κ3) is 4.95. The van der Waals surface area contributed by atoms with Crippen LogP contribution in [0.1, 0.15) is 16.7 Å². The molecule has 0 fully saturated rings. The van der Waals surface area contributed by atoms with E-state index < -0.39 is 0 Å². The van der Waals surface area contributed by atoms with Gasteiger partial charge in [0.05, 0.1) is 6.21 Å². The number of nitrogens with zero attached hydrogens (tertiary/aromatic N) is 1. The van der Waals surface area contributed by atoms with Crippen LogP contribution in [0.25, 0.3) is 6.08 Å². The Morgan fingerprint density at radius 1 is 1.05 bits per heavy atom. The standard InChI is InChI=1S/C17H16N2O2/c1-13-2-4-14(5-3-13)8-11-17(21)19-18-12-15-6-9-16(20)10-7-15/h2-12,20H,1H3,(H,19,21)/b11-8+,18-12-. The van der Waals surface area contributed by atoms with Crippen molar-refractivity contribution in [2.24, 2.45) is 5.10 Å². The first kappa shape index (κ1) is 14.5. The lowest BCUT2D eigenvalue weighted by molar-refractivity contribution is -0.116. The van der Waals surface area contributed by atoms with Crippen molar-refractivity contribution in [2.75, 3.05) is 0 Å². The van der Waals surface area contributed by atoms with Gasteiger partial charge in [-0.1, -0.05) is 29.8 Å². The molecule has 0 heterocycles. The maximum atomic E-state index is 11.6. The molecule has 0 aromatic heterocycles. The van der Waals surface area contributed by atoms with Crippen LogP contribution in [0.2, 0.25) is 0 Å². The molecule has 0 saturated heterocycles. The second kappa shape index (κ2) is 7.05. The zero-order valence-corrected chi connectivity index (χ0v) is 11.7. The van der Waals surface area contributed by atoms with Crippen molar-refractivity contribution in [1.29, 1.82) is 0 Å². The number of benzene rings is 2. The molecule has 21 heavy (non-hydrogen) atoms. The maximum Gasteiger partial charge on any atom is 0.264 e. The zero-order valence-electron chi connectivity index (χ0n) is 11.7. The monoisotopic (exact) mass is 280 g/mol. The van der Waals surface area contributed by atoms with Crippen LogP contribution in [0.5, 0.6) is 5.75 Å². The fourth-order valence-corrected chi connectivity index (χ4v) is 1.62. The molecule has 2 N–H and O–H groups in total. The van der Waals surface area contributed by atoms with Crippen LogP contribution < -0.4 is 5.43 Å². The van der Waals surface area contributed by atoms with Gasteiger partial charge >= 0.3 is 0 Å². The quantitative estimate of drug-likeness (QED) is 0.514. The minimum Gasteiger partial charge on any atom is -0.508 e. The number of nitrogens with one attached hydrogen (secondary N) is 1. The third-order valence-electron chi connectivity index (χ3n) is 2.79. The fourth-order valence-electron chi connectivity index (χ4n) is 1.62. The molecule has 0 atom stereocenters. The number of rotatable bonds is 4. The molecule has 2 aromatic carbocycles. The van der Waals surface area contributed by atoms with Crippen molar-refractivity contribution in [3.63, 3.8) is 0 Å². The summed E-state index contributed by atoms with van der Waals surface area (Å²) in [6, 6.07) is 14.4. The Kier molecular flexibility index (Phi) is 4.88. The van der Waals surface area contributed by atoms with Crippen LogP contribution in [-0.2, 0) is 4.79 Å². The van der Waals surface area contributed by atoms with E-state index in [1.165, 1.54) is 17.9 Å². The first-order chi connectivity index (χ1) is 10.1. The summed E-state index contributed by atoms with van der Waals surface area (Å²) in [5, 5.41) is 13.0. The molecule has 0 unspecified atom stereocenters. The molecule has 0 aliphatic heterocycles. The van der Waals surface area contributed by atoms with E-state index in [2.05, 4.69) is 10.5 Å². The molecular weight excluding hydrogens is 264 g/mol. The van der Waals surface area contributed by atoms with Crippen molar-refractivity contribution in [2.45, 2.75) is 6.92 Å². The van der Waals surface area contributed by atoms with Gasteiger partial charge in [0.25, 0.3) is 5.91 Å². The summed E-state index contributed by atoms with van der Waals surface area (Å²) < 4.78 is 0. The average Bonchev–Trinajstić information content (AvgIpc) is 2.49. The van der Waals surface area contributed by atoms with Crippen LogP contribution in [-0.4, -0.2) is 17.2 Å². The van der Waals surface area contributed by atoms with Gasteiger partial charge < -0.3 is 5.11 Å². The highest BCUT2D eigenvalue weighted by Gasteiger charge is 1.93. The first-order valence-corrected chi connectivity index (χ1v) is 6.50. The van der Waals surface area contributed by atoms with Crippen LogP contribution in [0, 0.1) is 6.92 Å². The van der Waals surface area contributed by atoms with E-state index in [0.29, 0.717) is 0 Å². The maximum absolute atomic E-state index is 11.6. The number of phenolic OH excluding ortho intramolecular Hbond substituents is 1. The Balaban J connectivity index is 1.87. The summed E-state index contributed by atoms with van der Waals surface area (Å²) in [6.45, 7) is 2.01. The van der Waals surface area contributed by atoms with Gasteiger partial charge in [-0.3, -0.25) is 4.79 Å². The van der Waals surface area contributed by atoms with Crippen molar-refractivity contribution >= 4 is 18.2 Å². The van der Waals surface area contributed by atoms with Gasteiger partial charge in [-0.2, -0.15) is 5.10 Å². The number of carbonyl (C=O) groups excluding carboxylic acids is 1. The number of aryl methyl sites for hydroxylation is 1. The highest BCUT2D eigenvalue weighted by molar-refractivity contribution is 5.92. The van der Waals surface area contributed by atoms with E-state index in [-0.39, 0.29) is 11.7 Å². The van der Waals surface area contributed by atoms with Gasteiger partial charge in [0.2, 0.25) is 0 Å². The molecule has 4 nitrogen and oxygen atoms in total. The molecule has 0 aliphatic rings. The molecule has 2 aromatic rings. The van der Waals surface area contributed by atoms with Crippen LogP contribution in [0.3, 0.4) is 0 Å². The molecule has 0 saturated carbocycles. The minimum atomic E-state index is -0.300. The van der Waals surface area contributed by atoms with Crippen molar-refractivity contribution in [3.8, 4) is 5.75 Å². The van der Waals surface area contributed by atoms with Crippen LogP contribution in [0.15, 0.2) is 59.7 Å². The lowest BCUT2D eigenvalue weighted by atomic mass is 10.1. The van der Waals surface area contributed by atoms with E-state index in [9.17, 15) is 4.79 Å². The van der Waals surface area contributed by atoms with Crippen molar-refractivity contribution < 1.29 is 9.90 Å². The number of hydrogen-bond donors (Lipinski definition) is 2. The Morgan fingerprint density at radius 3 is 2.33 bits per heavy atom. The first-order valence-electron chi connectivity index (χ1n) is 6.50. The smallest absolute Gasteiger partial charge is 0.264 e. The van der Waals surface area contributed by atoms with E-state index in [1.807, 2.05) is 31.2 Å². The number of amides is 1.